The molecule has 132 valence electrons. The predicted molar refractivity (Wildman–Crippen MR) is 98.0 cm³/mol. The Balaban J connectivity index is 1.71. The van der Waals surface area contributed by atoms with Gasteiger partial charge in [0.25, 0.3) is 0 Å². The third-order valence-corrected chi connectivity index (χ3v) is 5.69. The van der Waals surface area contributed by atoms with Crippen LogP contribution in [-0.4, -0.2) is 54.7 Å². The van der Waals surface area contributed by atoms with Crippen LogP contribution in [0.2, 0.25) is 0 Å². The zero-order chi connectivity index (χ0) is 16.2. The molecule has 0 N–H and O–H groups in total. The van der Waals surface area contributed by atoms with Crippen LogP contribution in [0.5, 0.6) is 0 Å². The average molecular weight is 330 g/mol. The quantitative estimate of drug-likeness (QED) is 0.849. The molecule has 4 heterocycles. The van der Waals surface area contributed by atoms with Crippen LogP contribution in [-0.2, 0) is 0 Å². The third kappa shape index (κ3) is 3.28. The van der Waals surface area contributed by atoms with Crippen LogP contribution in [0.4, 0.5) is 17.3 Å². The molecule has 4 rings (SSSR count). The molecule has 0 aliphatic carbocycles. The van der Waals surface area contributed by atoms with Crippen molar-refractivity contribution in [2.75, 3.05) is 54.0 Å². The first-order chi connectivity index (χ1) is 11.9. The molecule has 1 aromatic heterocycles. The van der Waals surface area contributed by atoms with Crippen LogP contribution < -0.4 is 14.7 Å². The van der Waals surface area contributed by atoms with Gasteiger partial charge in [-0.05, 0) is 63.0 Å². The Morgan fingerprint density at radius 2 is 0.833 bits per heavy atom. The largest absolute Gasteiger partial charge is 0.365 e. The van der Waals surface area contributed by atoms with Gasteiger partial charge in [0.05, 0.1) is 0 Å². The highest BCUT2D eigenvalue weighted by atomic mass is 15.4. The van der Waals surface area contributed by atoms with Crippen LogP contribution in [0.25, 0.3) is 0 Å². The zero-order valence-corrected chi connectivity index (χ0v) is 14.8. The highest BCUT2D eigenvalue weighted by Crippen LogP contribution is 2.38. The number of anilines is 3. The van der Waals surface area contributed by atoms with Crippen molar-refractivity contribution in [1.29, 1.82) is 0 Å². The van der Waals surface area contributed by atoms with Gasteiger partial charge in [0.1, 0.15) is 5.69 Å². The number of nitrogens with zero attached hydrogens (tertiary/aromatic N) is 6. The fourth-order valence-corrected chi connectivity index (χ4v) is 4.34. The minimum absolute atomic E-state index is 1.09. The fraction of sp³-hybridized carbons (Fsp3) is 0.833. The molecule has 0 saturated carbocycles. The normalized spacial score (nSPS) is 22.8. The number of hydrogen-bond donors (Lipinski definition) is 0. The smallest absolute Gasteiger partial charge is 0.180 e. The Kier molecular flexibility index (Phi) is 4.99. The summed E-state index contributed by atoms with van der Waals surface area (Å²) in [7, 11) is 0. The molecule has 0 aromatic carbocycles. The standard InChI is InChI=1S/C18H30N6/c1-4-10-22(11-5-1)16-17(23-12-6-2-7-13-23)19-21-20-18(16)24-14-8-3-9-15-24/h1-15H2. The zero-order valence-electron chi connectivity index (χ0n) is 14.8. The first kappa shape index (κ1) is 15.9. The van der Waals surface area contributed by atoms with E-state index < -0.39 is 0 Å². The lowest BCUT2D eigenvalue weighted by Gasteiger charge is -2.38. The number of piperidine rings is 3. The minimum Gasteiger partial charge on any atom is -0.365 e. The Morgan fingerprint density at radius 1 is 0.458 bits per heavy atom. The molecule has 0 amide bonds. The van der Waals surface area contributed by atoms with E-state index in [2.05, 4.69) is 30.1 Å². The molecule has 1 aromatic rings. The van der Waals surface area contributed by atoms with Crippen LogP contribution >= 0.6 is 0 Å². The van der Waals surface area contributed by atoms with Crippen molar-refractivity contribution < 1.29 is 0 Å². The van der Waals surface area contributed by atoms with Crippen LogP contribution in [0.15, 0.2) is 0 Å². The summed E-state index contributed by atoms with van der Waals surface area (Å²) < 4.78 is 0. The van der Waals surface area contributed by atoms with E-state index in [0.717, 1.165) is 50.9 Å². The van der Waals surface area contributed by atoms with Crippen molar-refractivity contribution in [3.8, 4) is 0 Å². The average Bonchev–Trinajstić information content (AvgIpc) is 2.69. The summed E-state index contributed by atoms with van der Waals surface area (Å²) >= 11 is 0. The maximum atomic E-state index is 4.53. The first-order valence-corrected chi connectivity index (χ1v) is 9.92. The highest BCUT2D eigenvalue weighted by molar-refractivity contribution is 5.79. The van der Waals surface area contributed by atoms with Gasteiger partial charge < -0.3 is 14.7 Å². The van der Waals surface area contributed by atoms with E-state index in [9.17, 15) is 0 Å². The van der Waals surface area contributed by atoms with Gasteiger partial charge in [0, 0.05) is 39.3 Å². The number of aromatic nitrogens is 3. The van der Waals surface area contributed by atoms with Crippen LogP contribution in [0.3, 0.4) is 0 Å². The summed E-state index contributed by atoms with van der Waals surface area (Å²) in [6, 6.07) is 0. The van der Waals surface area contributed by atoms with E-state index in [0.29, 0.717) is 0 Å². The SMILES string of the molecule is C1CCN(c2nnnc(N3CCCCC3)c2N2CCCCC2)CC1. The molecule has 0 atom stereocenters. The second-order valence-corrected chi connectivity index (χ2v) is 7.43. The van der Waals surface area contributed by atoms with Crippen LogP contribution in [0.1, 0.15) is 57.8 Å². The highest BCUT2D eigenvalue weighted by Gasteiger charge is 2.28. The van der Waals surface area contributed by atoms with Gasteiger partial charge in [-0.1, -0.05) is 0 Å². The molecule has 0 unspecified atom stereocenters. The van der Waals surface area contributed by atoms with E-state index in [-0.39, 0.29) is 0 Å². The minimum atomic E-state index is 1.09. The maximum absolute atomic E-state index is 4.53. The molecule has 0 radical (unpaired) electrons. The predicted octanol–water partition coefficient (Wildman–Crippen LogP) is 2.84. The summed E-state index contributed by atoms with van der Waals surface area (Å²) in [6.45, 7) is 6.71. The lowest BCUT2D eigenvalue weighted by Crippen LogP contribution is -2.39. The lowest BCUT2D eigenvalue weighted by atomic mass is 10.1. The molecule has 6 heteroatoms. The monoisotopic (exact) mass is 330 g/mol. The van der Waals surface area contributed by atoms with E-state index >= 15 is 0 Å². The van der Waals surface area contributed by atoms with Gasteiger partial charge in [-0.3, -0.25) is 0 Å². The van der Waals surface area contributed by atoms with Crippen molar-refractivity contribution in [2.45, 2.75) is 57.8 Å². The lowest BCUT2D eigenvalue weighted by molar-refractivity contribution is 0.546. The van der Waals surface area contributed by atoms with Gasteiger partial charge in [-0.15, -0.1) is 10.2 Å². The van der Waals surface area contributed by atoms with Crippen molar-refractivity contribution in [3.63, 3.8) is 0 Å². The molecule has 24 heavy (non-hydrogen) atoms. The maximum Gasteiger partial charge on any atom is 0.180 e. The van der Waals surface area contributed by atoms with Crippen molar-refractivity contribution in [3.05, 3.63) is 0 Å². The Hall–Kier alpha value is -1.59. The molecular weight excluding hydrogens is 300 g/mol. The summed E-state index contributed by atoms with van der Waals surface area (Å²) in [5, 5.41) is 13.2. The molecule has 0 bridgehead atoms. The second-order valence-electron chi connectivity index (χ2n) is 7.43. The number of rotatable bonds is 3. The van der Waals surface area contributed by atoms with Gasteiger partial charge >= 0.3 is 0 Å². The molecule has 3 aliphatic heterocycles. The summed E-state index contributed by atoms with van der Waals surface area (Å²) in [5.74, 6) is 2.18. The third-order valence-electron chi connectivity index (χ3n) is 5.69. The summed E-state index contributed by atoms with van der Waals surface area (Å²) in [6.07, 6.45) is 11.7. The van der Waals surface area contributed by atoms with Gasteiger partial charge in [-0.2, -0.15) is 0 Å². The fourth-order valence-electron chi connectivity index (χ4n) is 4.34. The van der Waals surface area contributed by atoms with Crippen molar-refractivity contribution >= 4 is 17.3 Å². The summed E-state index contributed by atoms with van der Waals surface area (Å²) in [4.78, 5) is 7.45. The Bertz CT molecular complexity index is 494. The Morgan fingerprint density at radius 3 is 1.25 bits per heavy atom. The van der Waals surface area contributed by atoms with E-state index in [1.807, 2.05) is 0 Å². The molecule has 3 saturated heterocycles. The molecule has 0 spiro atoms. The van der Waals surface area contributed by atoms with E-state index in [1.54, 1.807) is 0 Å². The molecule has 6 nitrogen and oxygen atoms in total. The van der Waals surface area contributed by atoms with Gasteiger partial charge in [0.2, 0.25) is 0 Å². The Labute approximate surface area is 145 Å². The van der Waals surface area contributed by atoms with Crippen LogP contribution in [0, 0.1) is 0 Å². The van der Waals surface area contributed by atoms with Gasteiger partial charge in [-0.25, -0.2) is 0 Å². The van der Waals surface area contributed by atoms with Gasteiger partial charge in [0.15, 0.2) is 11.6 Å². The first-order valence-electron chi connectivity index (χ1n) is 9.92. The number of hydrogen-bond acceptors (Lipinski definition) is 6. The van der Waals surface area contributed by atoms with E-state index in [4.69, 9.17) is 0 Å². The molecule has 3 aliphatic rings. The second kappa shape index (κ2) is 7.53. The molecule has 3 fully saturated rings. The topological polar surface area (TPSA) is 48.4 Å². The van der Waals surface area contributed by atoms with Crippen molar-refractivity contribution in [2.24, 2.45) is 0 Å². The van der Waals surface area contributed by atoms with Crippen molar-refractivity contribution in [1.82, 2.24) is 15.4 Å². The summed E-state index contributed by atoms with van der Waals surface area (Å²) in [5.41, 5.74) is 1.27. The van der Waals surface area contributed by atoms with E-state index in [1.165, 1.54) is 63.5 Å². The molecular formula is C18H30N6.